The zero-order valence-corrected chi connectivity index (χ0v) is 12.0. The Morgan fingerprint density at radius 2 is 1.71 bits per heavy atom. The van der Waals surface area contributed by atoms with Gasteiger partial charge in [0.1, 0.15) is 0 Å². The van der Waals surface area contributed by atoms with E-state index in [2.05, 4.69) is 0 Å². The molecule has 1 heterocycles. The van der Waals surface area contributed by atoms with Gasteiger partial charge in [-0.05, 0) is 42.3 Å². The van der Waals surface area contributed by atoms with E-state index in [4.69, 9.17) is 5.14 Å². The van der Waals surface area contributed by atoms with E-state index in [9.17, 15) is 13.2 Å². The minimum absolute atomic E-state index is 0.000807. The number of rotatable bonds is 2. The fraction of sp³-hybridized carbons (Fsp3) is 0.133. The zero-order chi connectivity index (χ0) is 15.0. The monoisotopic (exact) mass is 302 g/mol. The van der Waals surface area contributed by atoms with Gasteiger partial charge in [0, 0.05) is 17.8 Å². The predicted molar refractivity (Wildman–Crippen MR) is 79.6 cm³/mol. The van der Waals surface area contributed by atoms with Gasteiger partial charge in [0.2, 0.25) is 10.0 Å². The molecule has 0 aliphatic carbocycles. The minimum Gasteiger partial charge on any atom is -0.308 e. The number of hydrogen-bond donors (Lipinski definition) is 1. The molecule has 5 nitrogen and oxygen atoms in total. The van der Waals surface area contributed by atoms with Crippen LogP contribution in [0.3, 0.4) is 0 Å². The number of nitrogens with two attached hydrogens (primary N) is 1. The fourth-order valence-corrected chi connectivity index (χ4v) is 3.01. The standard InChI is InChI=1S/C15H14N2O3S/c16-21(19,20)13-7-5-12(6-8-13)15(18)17-10-9-11-3-1-2-4-14(11)17/h1-8H,9-10H2,(H2,16,19,20). The molecule has 0 unspecified atom stereocenters. The van der Waals surface area contributed by atoms with Crippen molar-refractivity contribution in [2.24, 2.45) is 5.14 Å². The molecular weight excluding hydrogens is 288 g/mol. The first-order valence-corrected chi connectivity index (χ1v) is 8.04. The number of carbonyl (C=O) groups excluding carboxylic acids is 1. The number of primary sulfonamides is 1. The van der Waals surface area contributed by atoms with Crippen LogP contribution >= 0.6 is 0 Å². The number of fused-ring (bicyclic) bond motifs is 1. The van der Waals surface area contributed by atoms with Gasteiger partial charge in [-0.25, -0.2) is 13.6 Å². The Bertz CT molecular complexity index is 798. The van der Waals surface area contributed by atoms with Crippen LogP contribution in [0.5, 0.6) is 0 Å². The molecule has 2 aromatic carbocycles. The van der Waals surface area contributed by atoms with E-state index in [0.717, 1.165) is 17.7 Å². The van der Waals surface area contributed by atoms with Gasteiger partial charge in [-0.15, -0.1) is 0 Å². The Kier molecular flexibility index (Phi) is 3.27. The van der Waals surface area contributed by atoms with Crippen LogP contribution < -0.4 is 10.0 Å². The summed E-state index contributed by atoms with van der Waals surface area (Å²) in [6.45, 7) is 0.634. The third kappa shape index (κ3) is 2.55. The molecule has 21 heavy (non-hydrogen) atoms. The van der Waals surface area contributed by atoms with Crippen LogP contribution in [0.1, 0.15) is 15.9 Å². The highest BCUT2D eigenvalue weighted by molar-refractivity contribution is 7.89. The zero-order valence-electron chi connectivity index (χ0n) is 11.2. The first-order chi connectivity index (χ1) is 9.97. The molecule has 1 aliphatic heterocycles. The SMILES string of the molecule is NS(=O)(=O)c1ccc(C(=O)N2CCc3ccccc32)cc1. The van der Waals surface area contributed by atoms with E-state index < -0.39 is 10.0 Å². The number of sulfonamides is 1. The largest absolute Gasteiger partial charge is 0.308 e. The normalized spacial score (nSPS) is 14.0. The van der Waals surface area contributed by atoms with Crippen molar-refractivity contribution in [3.8, 4) is 0 Å². The molecule has 2 N–H and O–H groups in total. The molecule has 2 aromatic rings. The number of carbonyl (C=O) groups is 1. The Morgan fingerprint density at radius 3 is 2.38 bits per heavy atom. The Labute approximate surface area is 123 Å². The van der Waals surface area contributed by atoms with Gasteiger partial charge in [-0.3, -0.25) is 4.79 Å². The van der Waals surface area contributed by atoms with Crippen molar-refractivity contribution >= 4 is 21.6 Å². The quantitative estimate of drug-likeness (QED) is 0.913. The minimum atomic E-state index is -3.74. The van der Waals surface area contributed by atoms with E-state index >= 15 is 0 Å². The van der Waals surface area contributed by atoms with Gasteiger partial charge < -0.3 is 4.90 Å². The maximum Gasteiger partial charge on any atom is 0.258 e. The van der Waals surface area contributed by atoms with Gasteiger partial charge in [-0.2, -0.15) is 0 Å². The van der Waals surface area contributed by atoms with Crippen molar-refractivity contribution in [2.75, 3.05) is 11.4 Å². The second-order valence-corrected chi connectivity index (χ2v) is 6.47. The third-order valence-corrected chi connectivity index (χ3v) is 4.49. The summed E-state index contributed by atoms with van der Waals surface area (Å²) < 4.78 is 22.4. The number of para-hydroxylation sites is 1. The third-order valence-electron chi connectivity index (χ3n) is 3.56. The van der Waals surface area contributed by atoms with E-state index in [1.54, 1.807) is 4.90 Å². The highest BCUT2D eigenvalue weighted by Gasteiger charge is 2.25. The van der Waals surface area contributed by atoms with Crippen molar-refractivity contribution < 1.29 is 13.2 Å². The molecule has 0 spiro atoms. The second-order valence-electron chi connectivity index (χ2n) is 4.90. The molecule has 108 valence electrons. The molecule has 1 amide bonds. The summed E-state index contributed by atoms with van der Waals surface area (Å²) in [5, 5.41) is 5.05. The molecule has 6 heteroatoms. The summed E-state index contributed by atoms with van der Waals surface area (Å²) in [5.74, 6) is -0.138. The van der Waals surface area contributed by atoms with Crippen molar-refractivity contribution in [2.45, 2.75) is 11.3 Å². The van der Waals surface area contributed by atoms with Crippen molar-refractivity contribution in [1.82, 2.24) is 0 Å². The molecule has 0 fully saturated rings. The summed E-state index contributed by atoms with van der Waals surface area (Å²) in [6.07, 6.45) is 0.831. The highest BCUT2D eigenvalue weighted by Crippen LogP contribution is 2.28. The molecule has 0 saturated heterocycles. The van der Waals surface area contributed by atoms with E-state index in [1.165, 1.54) is 24.3 Å². The first kappa shape index (κ1) is 13.8. The summed E-state index contributed by atoms with van der Waals surface area (Å²) in [4.78, 5) is 14.2. The van der Waals surface area contributed by atoms with Gasteiger partial charge in [0.05, 0.1) is 4.90 Å². The lowest BCUT2D eigenvalue weighted by molar-refractivity contribution is 0.0989. The van der Waals surface area contributed by atoms with Crippen molar-refractivity contribution in [1.29, 1.82) is 0 Å². The lowest BCUT2D eigenvalue weighted by Gasteiger charge is -2.17. The van der Waals surface area contributed by atoms with Crippen molar-refractivity contribution in [3.05, 3.63) is 59.7 Å². The topological polar surface area (TPSA) is 80.5 Å². The maximum atomic E-state index is 12.5. The van der Waals surface area contributed by atoms with Crippen LogP contribution in [0.25, 0.3) is 0 Å². The van der Waals surface area contributed by atoms with Crippen LogP contribution in [0.2, 0.25) is 0 Å². The van der Waals surface area contributed by atoms with E-state index in [-0.39, 0.29) is 10.8 Å². The lowest BCUT2D eigenvalue weighted by Crippen LogP contribution is -2.28. The fourth-order valence-electron chi connectivity index (χ4n) is 2.49. The lowest BCUT2D eigenvalue weighted by atomic mass is 10.1. The summed E-state index contributed by atoms with van der Waals surface area (Å²) in [7, 11) is -3.74. The van der Waals surface area contributed by atoms with Crippen LogP contribution in [0.4, 0.5) is 5.69 Å². The molecule has 0 radical (unpaired) electrons. The Balaban J connectivity index is 1.90. The highest BCUT2D eigenvalue weighted by atomic mass is 32.2. The number of anilines is 1. The van der Waals surface area contributed by atoms with Crippen LogP contribution in [0.15, 0.2) is 53.4 Å². The molecular formula is C15H14N2O3S. The maximum absolute atomic E-state index is 12.5. The molecule has 0 aromatic heterocycles. The van der Waals surface area contributed by atoms with Gasteiger partial charge in [0.25, 0.3) is 5.91 Å². The Hall–Kier alpha value is -2.18. The van der Waals surface area contributed by atoms with Gasteiger partial charge in [0.15, 0.2) is 0 Å². The Morgan fingerprint density at radius 1 is 1.05 bits per heavy atom. The second kappa shape index (κ2) is 4.98. The summed E-state index contributed by atoms with van der Waals surface area (Å²) >= 11 is 0. The molecule has 1 aliphatic rings. The van der Waals surface area contributed by atoms with Gasteiger partial charge in [-0.1, -0.05) is 18.2 Å². The number of nitrogens with zero attached hydrogens (tertiary/aromatic N) is 1. The van der Waals surface area contributed by atoms with Crippen molar-refractivity contribution in [3.63, 3.8) is 0 Å². The molecule has 0 saturated carbocycles. The first-order valence-electron chi connectivity index (χ1n) is 6.49. The smallest absolute Gasteiger partial charge is 0.258 e. The van der Waals surface area contributed by atoms with Crippen LogP contribution in [-0.2, 0) is 16.4 Å². The van der Waals surface area contributed by atoms with Crippen LogP contribution in [0, 0.1) is 0 Å². The van der Waals surface area contributed by atoms with Gasteiger partial charge >= 0.3 is 0 Å². The number of hydrogen-bond acceptors (Lipinski definition) is 3. The average molecular weight is 302 g/mol. The number of benzene rings is 2. The predicted octanol–water partition coefficient (Wildman–Crippen LogP) is 1.54. The molecule has 3 rings (SSSR count). The summed E-state index contributed by atoms with van der Waals surface area (Å²) in [6, 6.07) is 13.5. The van der Waals surface area contributed by atoms with E-state index in [0.29, 0.717) is 12.1 Å². The molecule has 0 atom stereocenters. The molecule has 0 bridgehead atoms. The summed E-state index contributed by atoms with van der Waals surface area (Å²) in [5.41, 5.74) is 2.50. The average Bonchev–Trinajstić information content (AvgIpc) is 2.90. The van der Waals surface area contributed by atoms with Crippen LogP contribution in [-0.4, -0.2) is 20.9 Å². The number of amides is 1. The van der Waals surface area contributed by atoms with E-state index in [1.807, 2.05) is 24.3 Å².